The summed E-state index contributed by atoms with van der Waals surface area (Å²) in [6.45, 7) is 4.55. The summed E-state index contributed by atoms with van der Waals surface area (Å²) >= 11 is 0. The summed E-state index contributed by atoms with van der Waals surface area (Å²) < 4.78 is 19.5. The first-order chi connectivity index (χ1) is 10.2. The summed E-state index contributed by atoms with van der Waals surface area (Å²) in [5.41, 5.74) is 1.29. The van der Waals surface area contributed by atoms with E-state index in [4.69, 9.17) is 4.74 Å². The van der Waals surface area contributed by atoms with Crippen LogP contribution in [-0.2, 0) is 4.74 Å². The summed E-state index contributed by atoms with van der Waals surface area (Å²) in [5.74, 6) is -0.438. The highest BCUT2D eigenvalue weighted by Crippen LogP contribution is 2.22. The molecule has 6 heteroatoms. The standard InChI is InChI=1S/C15H18FN3O2/c1-2-21-8-10-3-4-19(7-10)15(20)11-5-13-14(6-12(11)16)18-9-17-13/h5-6,9-10H,2-4,7-8H2,1H3,(H,17,18)/t10-/m0/s1. The smallest absolute Gasteiger partial charge is 0.256 e. The van der Waals surface area contributed by atoms with E-state index in [1.54, 1.807) is 4.90 Å². The van der Waals surface area contributed by atoms with Gasteiger partial charge in [-0.1, -0.05) is 0 Å². The van der Waals surface area contributed by atoms with Crippen LogP contribution in [0.1, 0.15) is 23.7 Å². The number of aromatic amines is 1. The van der Waals surface area contributed by atoms with Crippen LogP contribution in [-0.4, -0.2) is 47.1 Å². The number of amides is 1. The molecule has 5 nitrogen and oxygen atoms in total. The fourth-order valence-electron chi connectivity index (χ4n) is 2.73. The van der Waals surface area contributed by atoms with Gasteiger partial charge in [0.25, 0.3) is 5.91 Å². The SMILES string of the molecule is CCOC[C@H]1CCN(C(=O)c2cc3nc[nH]c3cc2F)C1. The number of halogens is 1. The molecule has 1 fully saturated rings. The highest BCUT2D eigenvalue weighted by Gasteiger charge is 2.28. The monoisotopic (exact) mass is 291 g/mol. The number of carbonyl (C=O) groups is 1. The molecule has 1 saturated heterocycles. The van der Waals surface area contributed by atoms with E-state index in [9.17, 15) is 9.18 Å². The predicted octanol–water partition coefficient (Wildman–Crippen LogP) is 2.20. The molecule has 0 unspecified atom stereocenters. The number of ether oxygens (including phenoxy) is 1. The molecular weight excluding hydrogens is 273 g/mol. The molecule has 1 aliphatic heterocycles. The number of fused-ring (bicyclic) bond motifs is 1. The number of aromatic nitrogens is 2. The van der Waals surface area contributed by atoms with Gasteiger partial charge in [-0.3, -0.25) is 4.79 Å². The highest BCUT2D eigenvalue weighted by molar-refractivity contribution is 5.97. The lowest BCUT2D eigenvalue weighted by molar-refractivity contribution is 0.0758. The van der Waals surface area contributed by atoms with E-state index in [0.717, 1.165) is 6.42 Å². The van der Waals surface area contributed by atoms with Gasteiger partial charge in [-0.25, -0.2) is 9.37 Å². The maximum atomic E-state index is 14.1. The van der Waals surface area contributed by atoms with Crippen LogP contribution in [0.25, 0.3) is 11.0 Å². The average molecular weight is 291 g/mol. The average Bonchev–Trinajstić information content (AvgIpc) is 3.12. The minimum atomic E-state index is -0.509. The van der Waals surface area contributed by atoms with Crippen LogP contribution in [0, 0.1) is 11.7 Å². The Kier molecular flexibility index (Phi) is 3.88. The number of imidazole rings is 1. The molecule has 2 heterocycles. The van der Waals surface area contributed by atoms with Gasteiger partial charge in [0.15, 0.2) is 0 Å². The van der Waals surface area contributed by atoms with E-state index in [-0.39, 0.29) is 11.5 Å². The molecule has 1 aliphatic rings. The fraction of sp³-hybridized carbons (Fsp3) is 0.467. The maximum Gasteiger partial charge on any atom is 0.256 e. The molecule has 0 bridgehead atoms. The normalized spacial score (nSPS) is 18.6. The third-order valence-corrected chi connectivity index (χ3v) is 3.87. The van der Waals surface area contributed by atoms with Gasteiger partial charge in [0.2, 0.25) is 0 Å². The molecule has 0 aliphatic carbocycles. The molecule has 0 radical (unpaired) electrons. The van der Waals surface area contributed by atoms with Crippen LogP contribution in [0.4, 0.5) is 4.39 Å². The Morgan fingerprint density at radius 1 is 1.57 bits per heavy atom. The number of hydrogen-bond acceptors (Lipinski definition) is 3. The Labute approximate surface area is 122 Å². The lowest BCUT2D eigenvalue weighted by Crippen LogP contribution is -2.30. The van der Waals surface area contributed by atoms with Gasteiger partial charge in [0.1, 0.15) is 5.82 Å². The third-order valence-electron chi connectivity index (χ3n) is 3.87. The highest BCUT2D eigenvalue weighted by atomic mass is 19.1. The molecule has 1 atom stereocenters. The summed E-state index contributed by atoms with van der Waals surface area (Å²) in [5, 5.41) is 0. The largest absolute Gasteiger partial charge is 0.381 e. The molecule has 2 aromatic rings. The first kappa shape index (κ1) is 14.0. The van der Waals surface area contributed by atoms with Crippen molar-refractivity contribution < 1.29 is 13.9 Å². The summed E-state index contributed by atoms with van der Waals surface area (Å²) in [7, 11) is 0. The van der Waals surface area contributed by atoms with Crippen LogP contribution in [0.3, 0.4) is 0 Å². The van der Waals surface area contributed by atoms with Crippen LogP contribution < -0.4 is 0 Å². The molecule has 112 valence electrons. The van der Waals surface area contributed by atoms with Gasteiger partial charge in [-0.15, -0.1) is 0 Å². The summed E-state index contributed by atoms with van der Waals surface area (Å²) in [4.78, 5) is 21.1. The third kappa shape index (κ3) is 2.76. The van der Waals surface area contributed by atoms with E-state index >= 15 is 0 Å². The second kappa shape index (κ2) is 5.81. The zero-order valence-electron chi connectivity index (χ0n) is 11.9. The Morgan fingerprint density at radius 3 is 3.24 bits per heavy atom. The summed E-state index contributed by atoms with van der Waals surface area (Å²) in [6, 6.07) is 2.84. The number of benzene rings is 1. The number of rotatable bonds is 4. The second-order valence-electron chi connectivity index (χ2n) is 5.32. The Balaban J connectivity index is 1.76. The van der Waals surface area contributed by atoms with Crippen molar-refractivity contribution in [1.29, 1.82) is 0 Å². The van der Waals surface area contributed by atoms with Crippen molar-refractivity contribution in [2.75, 3.05) is 26.3 Å². The molecular formula is C15H18FN3O2. The van der Waals surface area contributed by atoms with Crippen LogP contribution in [0.2, 0.25) is 0 Å². The molecule has 1 amide bonds. The van der Waals surface area contributed by atoms with E-state index in [0.29, 0.717) is 43.3 Å². The molecule has 0 saturated carbocycles. The first-order valence-corrected chi connectivity index (χ1v) is 7.18. The van der Waals surface area contributed by atoms with Crippen molar-refractivity contribution in [3.8, 4) is 0 Å². The zero-order chi connectivity index (χ0) is 14.8. The van der Waals surface area contributed by atoms with Gasteiger partial charge in [-0.2, -0.15) is 0 Å². The zero-order valence-corrected chi connectivity index (χ0v) is 11.9. The number of likely N-dealkylation sites (tertiary alicyclic amines) is 1. The predicted molar refractivity (Wildman–Crippen MR) is 76.6 cm³/mol. The van der Waals surface area contributed by atoms with Crippen LogP contribution >= 0.6 is 0 Å². The molecule has 1 N–H and O–H groups in total. The topological polar surface area (TPSA) is 58.2 Å². The Hall–Kier alpha value is -1.95. The van der Waals surface area contributed by atoms with Crippen LogP contribution in [0.15, 0.2) is 18.5 Å². The molecule has 0 spiro atoms. The van der Waals surface area contributed by atoms with Gasteiger partial charge in [0.05, 0.1) is 29.5 Å². The Morgan fingerprint density at radius 2 is 2.43 bits per heavy atom. The van der Waals surface area contributed by atoms with Crippen molar-refractivity contribution in [2.24, 2.45) is 5.92 Å². The number of nitrogens with one attached hydrogen (secondary N) is 1. The van der Waals surface area contributed by atoms with Crippen molar-refractivity contribution in [1.82, 2.24) is 14.9 Å². The number of H-pyrrole nitrogens is 1. The van der Waals surface area contributed by atoms with E-state index in [1.165, 1.54) is 18.5 Å². The van der Waals surface area contributed by atoms with Gasteiger partial charge >= 0.3 is 0 Å². The van der Waals surface area contributed by atoms with Gasteiger partial charge in [0, 0.05) is 31.7 Å². The van der Waals surface area contributed by atoms with Crippen molar-refractivity contribution in [3.05, 3.63) is 29.8 Å². The number of nitrogens with zero attached hydrogens (tertiary/aromatic N) is 2. The molecule has 3 rings (SSSR count). The second-order valence-corrected chi connectivity index (χ2v) is 5.32. The quantitative estimate of drug-likeness (QED) is 0.939. The van der Waals surface area contributed by atoms with Crippen molar-refractivity contribution in [2.45, 2.75) is 13.3 Å². The minimum absolute atomic E-state index is 0.0895. The number of hydrogen-bond donors (Lipinski definition) is 1. The minimum Gasteiger partial charge on any atom is -0.381 e. The lowest BCUT2D eigenvalue weighted by Gasteiger charge is -2.17. The lowest BCUT2D eigenvalue weighted by atomic mass is 10.1. The fourth-order valence-corrected chi connectivity index (χ4v) is 2.73. The molecule has 1 aromatic heterocycles. The first-order valence-electron chi connectivity index (χ1n) is 7.18. The van der Waals surface area contributed by atoms with Gasteiger partial charge in [-0.05, 0) is 19.4 Å². The van der Waals surface area contributed by atoms with E-state index in [2.05, 4.69) is 9.97 Å². The van der Waals surface area contributed by atoms with E-state index < -0.39 is 5.82 Å². The van der Waals surface area contributed by atoms with Gasteiger partial charge < -0.3 is 14.6 Å². The van der Waals surface area contributed by atoms with Crippen LogP contribution in [0.5, 0.6) is 0 Å². The molecule has 21 heavy (non-hydrogen) atoms. The molecule has 1 aromatic carbocycles. The maximum absolute atomic E-state index is 14.1. The van der Waals surface area contributed by atoms with Crippen molar-refractivity contribution >= 4 is 16.9 Å². The Bertz CT molecular complexity index is 655. The number of carbonyl (C=O) groups excluding carboxylic acids is 1. The van der Waals surface area contributed by atoms with Crippen molar-refractivity contribution in [3.63, 3.8) is 0 Å². The summed E-state index contributed by atoms with van der Waals surface area (Å²) in [6.07, 6.45) is 2.39. The van der Waals surface area contributed by atoms with E-state index in [1.807, 2.05) is 6.92 Å².